The summed E-state index contributed by atoms with van der Waals surface area (Å²) in [5.74, 6) is -0.145. The van der Waals surface area contributed by atoms with E-state index in [4.69, 9.17) is 4.74 Å². The van der Waals surface area contributed by atoms with Gasteiger partial charge in [0.05, 0.1) is 6.61 Å². The number of H-pyrrole nitrogens is 1. The number of amides is 1. The van der Waals surface area contributed by atoms with Gasteiger partial charge in [-0.1, -0.05) is 24.3 Å². The lowest BCUT2D eigenvalue weighted by Crippen LogP contribution is -2.28. The monoisotopic (exact) mass is 336 g/mol. The topological polar surface area (TPSA) is 79.0 Å². The Bertz CT molecular complexity index is 672. The number of carbonyl (C=O) groups is 1. The lowest BCUT2D eigenvalue weighted by Gasteiger charge is -2.13. The van der Waals surface area contributed by atoms with E-state index in [1.165, 1.54) is 0 Å². The number of nitrogens with one attached hydrogen (secondary N) is 3. The maximum absolute atomic E-state index is 12.4. The average Bonchev–Trinajstić information content (AvgIpc) is 2.98. The third kappa shape index (κ3) is 3.90. The predicted molar refractivity (Wildman–Crippen MR) is 89.6 cm³/mol. The fraction of sp³-hybridized carbons (Fsp3) is 0.375. The van der Waals surface area contributed by atoms with Crippen LogP contribution in [0.25, 0.3) is 0 Å². The van der Waals surface area contributed by atoms with Crippen LogP contribution in [0.3, 0.4) is 0 Å². The number of hydrogen-bond donors (Lipinski definition) is 3. The summed E-state index contributed by atoms with van der Waals surface area (Å²) in [6.45, 7) is 2.61. The van der Waals surface area contributed by atoms with E-state index in [1.54, 1.807) is 7.11 Å². The highest BCUT2D eigenvalue weighted by molar-refractivity contribution is 5.94. The predicted octanol–water partition coefficient (Wildman–Crippen LogP) is 1.55. The summed E-state index contributed by atoms with van der Waals surface area (Å²) in [5, 5.41) is 13.3. The van der Waals surface area contributed by atoms with E-state index in [1.807, 2.05) is 24.3 Å². The fourth-order valence-corrected chi connectivity index (χ4v) is 2.70. The van der Waals surface area contributed by atoms with Crippen LogP contribution < -0.4 is 10.6 Å². The van der Waals surface area contributed by atoms with Crippen molar-refractivity contribution >= 4 is 18.3 Å². The SMILES string of the molecule is COCc1ccccc1CNC(=O)c1n[nH]c2c1CNCC2.Cl. The molecule has 3 rings (SSSR count). The van der Waals surface area contributed by atoms with Gasteiger partial charge < -0.3 is 15.4 Å². The lowest BCUT2D eigenvalue weighted by atomic mass is 10.1. The highest BCUT2D eigenvalue weighted by atomic mass is 35.5. The highest BCUT2D eigenvalue weighted by Crippen LogP contribution is 2.15. The van der Waals surface area contributed by atoms with Crippen LogP contribution in [0.5, 0.6) is 0 Å². The normalized spacial score (nSPS) is 13.1. The van der Waals surface area contributed by atoms with E-state index >= 15 is 0 Å². The van der Waals surface area contributed by atoms with Gasteiger partial charge in [0.1, 0.15) is 0 Å². The minimum atomic E-state index is -0.145. The molecule has 0 bridgehead atoms. The van der Waals surface area contributed by atoms with Gasteiger partial charge in [-0.15, -0.1) is 12.4 Å². The van der Waals surface area contributed by atoms with Crippen molar-refractivity contribution in [2.45, 2.75) is 26.1 Å². The third-order valence-electron chi connectivity index (χ3n) is 3.88. The lowest BCUT2D eigenvalue weighted by molar-refractivity contribution is 0.0944. The van der Waals surface area contributed by atoms with Crippen molar-refractivity contribution in [3.05, 3.63) is 52.3 Å². The summed E-state index contributed by atoms with van der Waals surface area (Å²) in [4.78, 5) is 12.4. The molecule has 0 radical (unpaired) electrons. The van der Waals surface area contributed by atoms with Gasteiger partial charge in [-0.05, 0) is 11.1 Å². The largest absolute Gasteiger partial charge is 0.380 e. The van der Waals surface area contributed by atoms with Gasteiger partial charge in [0.15, 0.2) is 5.69 Å². The first-order chi connectivity index (χ1) is 10.8. The molecule has 0 aliphatic carbocycles. The zero-order valence-corrected chi connectivity index (χ0v) is 13.8. The molecule has 6 nitrogen and oxygen atoms in total. The number of ether oxygens (including phenoxy) is 1. The molecular weight excluding hydrogens is 316 g/mol. The first-order valence-corrected chi connectivity index (χ1v) is 7.40. The molecule has 1 aromatic heterocycles. The van der Waals surface area contributed by atoms with Crippen LogP contribution in [-0.2, 0) is 30.9 Å². The zero-order valence-electron chi connectivity index (χ0n) is 13.0. The van der Waals surface area contributed by atoms with Crippen LogP contribution >= 0.6 is 12.4 Å². The van der Waals surface area contributed by atoms with Crippen molar-refractivity contribution in [2.75, 3.05) is 13.7 Å². The standard InChI is InChI=1S/C16H20N4O2.ClH/c1-22-10-12-5-3-2-4-11(12)8-18-16(21)15-13-9-17-7-6-14(13)19-20-15;/h2-5,17H,6-10H2,1H3,(H,18,21)(H,19,20);1H. The van der Waals surface area contributed by atoms with Gasteiger partial charge >= 0.3 is 0 Å². The van der Waals surface area contributed by atoms with E-state index in [9.17, 15) is 4.79 Å². The molecule has 7 heteroatoms. The molecule has 1 aromatic carbocycles. The number of hydrogen-bond acceptors (Lipinski definition) is 4. The molecule has 0 saturated carbocycles. The van der Waals surface area contributed by atoms with Gasteiger partial charge in [0.2, 0.25) is 0 Å². The van der Waals surface area contributed by atoms with Crippen molar-refractivity contribution in [2.24, 2.45) is 0 Å². The second-order valence-electron chi connectivity index (χ2n) is 5.34. The van der Waals surface area contributed by atoms with Crippen molar-refractivity contribution in [1.82, 2.24) is 20.8 Å². The van der Waals surface area contributed by atoms with Crippen LogP contribution in [0.4, 0.5) is 0 Å². The Morgan fingerprint density at radius 1 is 1.35 bits per heavy atom. The number of carbonyl (C=O) groups excluding carboxylic acids is 1. The molecule has 0 spiro atoms. The quantitative estimate of drug-likeness (QED) is 0.774. The molecular formula is C16H21ClN4O2. The summed E-state index contributed by atoms with van der Waals surface area (Å²) in [5.41, 5.74) is 4.67. The Balaban J connectivity index is 0.00000192. The maximum atomic E-state index is 12.4. The number of benzene rings is 1. The summed E-state index contributed by atoms with van der Waals surface area (Å²) < 4.78 is 5.18. The van der Waals surface area contributed by atoms with Crippen LogP contribution in [0, 0.1) is 0 Å². The minimum Gasteiger partial charge on any atom is -0.380 e. The first kappa shape index (κ1) is 17.5. The van der Waals surface area contributed by atoms with E-state index in [0.717, 1.165) is 35.3 Å². The fourth-order valence-electron chi connectivity index (χ4n) is 2.70. The van der Waals surface area contributed by atoms with Gasteiger partial charge in [-0.25, -0.2) is 0 Å². The molecule has 2 heterocycles. The number of aromatic nitrogens is 2. The molecule has 1 aliphatic rings. The van der Waals surface area contributed by atoms with Crippen LogP contribution in [0.15, 0.2) is 24.3 Å². The summed E-state index contributed by atoms with van der Waals surface area (Å²) >= 11 is 0. The molecule has 0 unspecified atom stereocenters. The van der Waals surface area contributed by atoms with Crippen LogP contribution in [-0.4, -0.2) is 29.8 Å². The number of nitrogens with zero attached hydrogens (tertiary/aromatic N) is 1. The number of methoxy groups -OCH3 is 1. The molecule has 0 atom stereocenters. The minimum absolute atomic E-state index is 0. The maximum Gasteiger partial charge on any atom is 0.272 e. The first-order valence-electron chi connectivity index (χ1n) is 7.40. The third-order valence-corrected chi connectivity index (χ3v) is 3.88. The Hall–Kier alpha value is -1.89. The molecule has 0 saturated heterocycles. The molecule has 23 heavy (non-hydrogen) atoms. The van der Waals surface area contributed by atoms with Gasteiger partial charge in [0, 0.05) is 44.4 Å². The second-order valence-corrected chi connectivity index (χ2v) is 5.34. The molecule has 2 aromatic rings. The summed E-state index contributed by atoms with van der Waals surface area (Å²) in [6, 6.07) is 7.93. The molecule has 0 fully saturated rings. The second kappa shape index (κ2) is 8.10. The Labute approximate surface area is 141 Å². The average molecular weight is 337 g/mol. The number of fused-ring (bicyclic) bond motifs is 1. The van der Waals surface area contributed by atoms with Crippen molar-refractivity contribution in [1.29, 1.82) is 0 Å². The highest BCUT2D eigenvalue weighted by Gasteiger charge is 2.21. The van der Waals surface area contributed by atoms with Gasteiger partial charge in [-0.3, -0.25) is 9.89 Å². The van der Waals surface area contributed by atoms with E-state index in [0.29, 0.717) is 25.4 Å². The molecule has 1 aliphatic heterocycles. The molecule has 124 valence electrons. The van der Waals surface area contributed by atoms with Gasteiger partial charge in [-0.2, -0.15) is 5.10 Å². The molecule has 1 amide bonds. The zero-order chi connectivity index (χ0) is 15.4. The Morgan fingerprint density at radius 2 is 2.13 bits per heavy atom. The van der Waals surface area contributed by atoms with Crippen molar-refractivity contribution in [3.8, 4) is 0 Å². The molecule has 3 N–H and O–H groups in total. The summed E-state index contributed by atoms with van der Waals surface area (Å²) in [7, 11) is 1.67. The van der Waals surface area contributed by atoms with E-state index < -0.39 is 0 Å². The van der Waals surface area contributed by atoms with Crippen LogP contribution in [0.2, 0.25) is 0 Å². The van der Waals surface area contributed by atoms with Gasteiger partial charge in [0.25, 0.3) is 5.91 Å². The Morgan fingerprint density at radius 3 is 2.91 bits per heavy atom. The van der Waals surface area contributed by atoms with Crippen molar-refractivity contribution < 1.29 is 9.53 Å². The number of aromatic amines is 1. The number of rotatable bonds is 5. The van der Waals surface area contributed by atoms with Crippen LogP contribution in [0.1, 0.15) is 32.9 Å². The van der Waals surface area contributed by atoms with Crippen molar-refractivity contribution in [3.63, 3.8) is 0 Å². The number of halogens is 1. The summed E-state index contributed by atoms with van der Waals surface area (Å²) in [6.07, 6.45) is 0.881. The van der Waals surface area contributed by atoms with E-state index in [-0.39, 0.29) is 18.3 Å². The Kier molecular flexibility index (Phi) is 6.15. The smallest absolute Gasteiger partial charge is 0.272 e. The van der Waals surface area contributed by atoms with E-state index in [2.05, 4.69) is 20.8 Å².